The van der Waals surface area contributed by atoms with Gasteiger partial charge in [0.15, 0.2) is 12.1 Å². The Hall–Kier alpha value is 0.570. The van der Waals surface area contributed by atoms with Gasteiger partial charge in [-0.1, -0.05) is 22.6 Å². The summed E-state index contributed by atoms with van der Waals surface area (Å²) in [5, 5.41) is 0. The molecule has 0 unspecified atom stereocenters. The smallest absolute Gasteiger partial charge is 0.190 e. The van der Waals surface area contributed by atoms with Crippen LogP contribution in [0.5, 0.6) is 0 Å². The van der Waals surface area contributed by atoms with Crippen LogP contribution in [-0.2, 0) is 18.9 Å². The minimum absolute atomic E-state index is 0.0151. The fourth-order valence-corrected chi connectivity index (χ4v) is 2.67. The zero-order valence-electron chi connectivity index (χ0n) is 8.53. The SMILES string of the molecule is CO[C@@H]1[C@H]2OC(C)(C)O[C@H]2O[C@H]1CI. The molecule has 0 amide bonds. The predicted molar refractivity (Wildman–Crippen MR) is 58.4 cm³/mol. The van der Waals surface area contributed by atoms with E-state index in [9.17, 15) is 0 Å². The molecule has 2 aliphatic heterocycles. The molecule has 0 radical (unpaired) electrons. The first-order valence-corrected chi connectivity index (χ1v) is 6.20. The molecule has 2 saturated heterocycles. The highest BCUT2D eigenvalue weighted by atomic mass is 127. The largest absolute Gasteiger partial charge is 0.376 e. The molecule has 5 heteroatoms. The third-order valence-electron chi connectivity index (χ3n) is 2.51. The number of methoxy groups -OCH3 is 1. The fraction of sp³-hybridized carbons (Fsp3) is 1.00. The maximum Gasteiger partial charge on any atom is 0.190 e. The van der Waals surface area contributed by atoms with Gasteiger partial charge in [0.25, 0.3) is 0 Å². The van der Waals surface area contributed by atoms with Crippen LogP contribution in [-0.4, -0.2) is 41.9 Å². The van der Waals surface area contributed by atoms with Gasteiger partial charge in [-0.2, -0.15) is 0 Å². The fourth-order valence-electron chi connectivity index (χ4n) is 1.96. The third kappa shape index (κ3) is 1.80. The van der Waals surface area contributed by atoms with Gasteiger partial charge in [0.05, 0.1) is 6.10 Å². The summed E-state index contributed by atoms with van der Waals surface area (Å²) in [5.74, 6) is -0.553. The second-order valence-electron chi connectivity index (χ2n) is 4.00. The topological polar surface area (TPSA) is 36.9 Å². The first kappa shape index (κ1) is 11.1. The van der Waals surface area contributed by atoms with E-state index in [2.05, 4.69) is 22.6 Å². The minimum atomic E-state index is -0.553. The number of halogens is 1. The van der Waals surface area contributed by atoms with Crippen LogP contribution < -0.4 is 0 Å². The van der Waals surface area contributed by atoms with Crippen molar-refractivity contribution in [1.82, 2.24) is 0 Å². The molecule has 82 valence electrons. The lowest BCUT2D eigenvalue weighted by atomic mass is 10.1. The van der Waals surface area contributed by atoms with Crippen LogP contribution >= 0.6 is 22.6 Å². The van der Waals surface area contributed by atoms with Crippen LogP contribution in [0.4, 0.5) is 0 Å². The molecule has 14 heavy (non-hydrogen) atoms. The van der Waals surface area contributed by atoms with Crippen molar-refractivity contribution >= 4 is 22.6 Å². The molecule has 0 aromatic heterocycles. The molecular formula is C9H15IO4. The number of fused-ring (bicyclic) bond motifs is 1. The van der Waals surface area contributed by atoms with Gasteiger partial charge in [0.1, 0.15) is 12.2 Å². The first-order valence-electron chi connectivity index (χ1n) is 4.67. The summed E-state index contributed by atoms with van der Waals surface area (Å²) in [6.07, 6.45) is -0.296. The second kappa shape index (κ2) is 3.86. The van der Waals surface area contributed by atoms with E-state index < -0.39 is 5.79 Å². The van der Waals surface area contributed by atoms with Gasteiger partial charge in [-0.05, 0) is 13.8 Å². The van der Waals surface area contributed by atoms with Gasteiger partial charge in [-0.15, -0.1) is 0 Å². The highest BCUT2D eigenvalue weighted by Gasteiger charge is 2.54. The van der Waals surface area contributed by atoms with Crippen LogP contribution in [0.2, 0.25) is 0 Å². The third-order valence-corrected chi connectivity index (χ3v) is 3.38. The van der Waals surface area contributed by atoms with Crippen molar-refractivity contribution in [1.29, 1.82) is 0 Å². The number of rotatable bonds is 2. The van der Waals surface area contributed by atoms with Crippen molar-refractivity contribution in [2.24, 2.45) is 0 Å². The zero-order valence-corrected chi connectivity index (χ0v) is 10.7. The molecule has 2 heterocycles. The van der Waals surface area contributed by atoms with Gasteiger partial charge in [-0.3, -0.25) is 0 Å². The van der Waals surface area contributed by atoms with E-state index in [4.69, 9.17) is 18.9 Å². The Bertz CT molecular complexity index is 221. The Kier molecular flexibility index (Phi) is 3.05. The van der Waals surface area contributed by atoms with Crippen molar-refractivity contribution in [2.75, 3.05) is 11.5 Å². The van der Waals surface area contributed by atoms with Gasteiger partial charge >= 0.3 is 0 Å². The number of ether oxygens (including phenoxy) is 4. The maximum atomic E-state index is 5.73. The van der Waals surface area contributed by atoms with Crippen molar-refractivity contribution in [2.45, 2.75) is 44.2 Å². The average Bonchev–Trinajstić information content (AvgIpc) is 2.55. The number of hydrogen-bond acceptors (Lipinski definition) is 4. The van der Waals surface area contributed by atoms with Crippen molar-refractivity contribution < 1.29 is 18.9 Å². The minimum Gasteiger partial charge on any atom is -0.376 e. The molecule has 0 aromatic carbocycles. The highest BCUT2D eigenvalue weighted by molar-refractivity contribution is 14.1. The summed E-state index contributed by atoms with van der Waals surface area (Å²) in [6.45, 7) is 3.78. The van der Waals surface area contributed by atoms with E-state index in [-0.39, 0.29) is 24.6 Å². The Balaban J connectivity index is 2.09. The first-order chi connectivity index (χ1) is 6.57. The summed E-state index contributed by atoms with van der Waals surface area (Å²) in [6, 6.07) is 0. The summed E-state index contributed by atoms with van der Waals surface area (Å²) in [4.78, 5) is 0. The molecule has 4 atom stereocenters. The Morgan fingerprint density at radius 1 is 1.36 bits per heavy atom. The van der Waals surface area contributed by atoms with Gasteiger partial charge in [0, 0.05) is 11.5 Å². The lowest BCUT2D eigenvalue weighted by Gasteiger charge is -2.23. The van der Waals surface area contributed by atoms with Crippen molar-refractivity contribution in [3.63, 3.8) is 0 Å². The van der Waals surface area contributed by atoms with E-state index >= 15 is 0 Å². The van der Waals surface area contributed by atoms with Gasteiger partial charge in [0.2, 0.25) is 0 Å². The van der Waals surface area contributed by atoms with Crippen molar-refractivity contribution in [3.8, 4) is 0 Å². The Morgan fingerprint density at radius 2 is 2.07 bits per heavy atom. The molecule has 2 rings (SSSR count). The number of alkyl halides is 1. The summed E-state index contributed by atoms with van der Waals surface area (Å²) >= 11 is 2.28. The molecule has 0 spiro atoms. The second-order valence-corrected chi connectivity index (χ2v) is 4.88. The highest BCUT2D eigenvalue weighted by Crippen LogP contribution is 2.38. The quantitative estimate of drug-likeness (QED) is 0.569. The number of hydrogen-bond donors (Lipinski definition) is 0. The molecule has 0 aromatic rings. The lowest BCUT2D eigenvalue weighted by molar-refractivity contribution is -0.213. The molecular weight excluding hydrogens is 299 g/mol. The van der Waals surface area contributed by atoms with Crippen LogP contribution in [0.25, 0.3) is 0 Å². The monoisotopic (exact) mass is 314 g/mol. The molecule has 4 nitrogen and oxygen atoms in total. The predicted octanol–water partition coefficient (Wildman–Crippen LogP) is 1.31. The van der Waals surface area contributed by atoms with Crippen LogP contribution in [0, 0.1) is 0 Å². The summed E-state index contributed by atoms with van der Waals surface area (Å²) in [7, 11) is 1.68. The van der Waals surface area contributed by atoms with Crippen molar-refractivity contribution in [3.05, 3.63) is 0 Å². The molecule has 2 fully saturated rings. The Morgan fingerprint density at radius 3 is 2.64 bits per heavy atom. The molecule has 0 N–H and O–H groups in total. The normalized spacial score (nSPS) is 45.4. The van der Waals surface area contributed by atoms with Crippen LogP contribution in [0.1, 0.15) is 13.8 Å². The van der Waals surface area contributed by atoms with E-state index in [1.807, 2.05) is 13.8 Å². The molecule has 0 aliphatic carbocycles. The summed E-state index contributed by atoms with van der Waals surface area (Å²) < 4.78 is 23.3. The van der Waals surface area contributed by atoms with Crippen LogP contribution in [0.3, 0.4) is 0 Å². The molecule has 0 bridgehead atoms. The van der Waals surface area contributed by atoms with E-state index in [0.29, 0.717) is 0 Å². The Labute approximate surface area is 97.4 Å². The van der Waals surface area contributed by atoms with E-state index in [0.717, 1.165) is 4.43 Å². The van der Waals surface area contributed by atoms with E-state index in [1.165, 1.54) is 0 Å². The molecule has 2 aliphatic rings. The maximum absolute atomic E-state index is 5.73. The lowest BCUT2D eigenvalue weighted by Crippen LogP contribution is -2.36. The van der Waals surface area contributed by atoms with Crippen LogP contribution in [0.15, 0.2) is 0 Å². The zero-order chi connectivity index (χ0) is 10.3. The standard InChI is InChI=1S/C9H15IO4/c1-9(2)13-7-6(11-3)5(4-10)12-8(7)14-9/h5-8H,4H2,1-3H3/t5-,6-,7+,8+/m0/s1. The molecule has 0 saturated carbocycles. The van der Waals surface area contributed by atoms with Gasteiger partial charge in [-0.25, -0.2) is 0 Å². The van der Waals surface area contributed by atoms with Gasteiger partial charge < -0.3 is 18.9 Å². The van der Waals surface area contributed by atoms with E-state index in [1.54, 1.807) is 7.11 Å². The summed E-state index contributed by atoms with van der Waals surface area (Å²) in [5.41, 5.74) is 0. The average molecular weight is 314 g/mol.